The number of nitrogens with one attached hydrogen (secondary N) is 2. The minimum atomic E-state index is -0.513. The maximum absolute atomic E-state index is 12.0. The van der Waals surface area contributed by atoms with E-state index in [1.165, 1.54) is 23.9 Å². The number of aromatic amines is 1. The molecule has 25 heavy (non-hydrogen) atoms. The van der Waals surface area contributed by atoms with Crippen LogP contribution >= 0.6 is 11.8 Å². The van der Waals surface area contributed by atoms with E-state index in [2.05, 4.69) is 15.3 Å². The molecule has 0 saturated heterocycles. The first-order valence-electron chi connectivity index (χ1n) is 7.65. The first-order chi connectivity index (χ1) is 12.0. The number of hydrogen-bond donors (Lipinski definition) is 2. The molecule has 1 aromatic heterocycles. The first-order valence-corrected chi connectivity index (χ1v) is 8.64. The summed E-state index contributed by atoms with van der Waals surface area (Å²) in [6.07, 6.45) is 0.229. The number of aryl methyl sites for hydroxylation is 1. The standard InChI is InChI=1S/C17H16N4O3S/c1-11-6-7-12-14(10-11)20-17(19-12)25-9-8-16(22)18-13-4-2-3-5-15(13)21(23)24/h2-7,10H,8-9H2,1H3,(H,18,22)(H,19,20). The van der Waals surface area contributed by atoms with Gasteiger partial charge in [0.25, 0.3) is 5.69 Å². The summed E-state index contributed by atoms with van der Waals surface area (Å²) >= 11 is 1.44. The molecule has 2 N–H and O–H groups in total. The van der Waals surface area contributed by atoms with Gasteiger partial charge < -0.3 is 10.3 Å². The molecule has 0 atom stereocenters. The minimum absolute atomic E-state index is 0.115. The number of carbonyl (C=O) groups excluding carboxylic acids is 1. The third-order valence-corrected chi connectivity index (χ3v) is 4.43. The number of H-pyrrole nitrogens is 1. The molecule has 7 nitrogen and oxygen atoms in total. The topological polar surface area (TPSA) is 101 Å². The Bertz CT molecular complexity index is 939. The molecule has 1 heterocycles. The fourth-order valence-electron chi connectivity index (χ4n) is 2.36. The summed E-state index contributed by atoms with van der Waals surface area (Å²) in [5.41, 5.74) is 3.10. The summed E-state index contributed by atoms with van der Waals surface area (Å²) in [6.45, 7) is 2.01. The van der Waals surface area contributed by atoms with Crippen LogP contribution in [0.3, 0.4) is 0 Å². The number of anilines is 1. The highest BCUT2D eigenvalue weighted by molar-refractivity contribution is 7.99. The van der Waals surface area contributed by atoms with Crippen LogP contribution in [0, 0.1) is 17.0 Å². The lowest BCUT2D eigenvalue weighted by molar-refractivity contribution is -0.383. The Morgan fingerprint density at radius 2 is 2.12 bits per heavy atom. The van der Waals surface area contributed by atoms with E-state index in [1.807, 2.05) is 25.1 Å². The zero-order valence-electron chi connectivity index (χ0n) is 13.5. The van der Waals surface area contributed by atoms with Crippen molar-refractivity contribution in [1.82, 2.24) is 9.97 Å². The fourth-order valence-corrected chi connectivity index (χ4v) is 3.19. The molecule has 0 aliphatic rings. The smallest absolute Gasteiger partial charge is 0.292 e. The van der Waals surface area contributed by atoms with Gasteiger partial charge in [0.2, 0.25) is 5.91 Å². The summed E-state index contributed by atoms with van der Waals surface area (Å²) in [5.74, 6) is 0.249. The number of aromatic nitrogens is 2. The van der Waals surface area contributed by atoms with Gasteiger partial charge in [0.15, 0.2) is 5.16 Å². The van der Waals surface area contributed by atoms with Crippen molar-refractivity contribution in [2.24, 2.45) is 0 Å². The average Bonchev–Trinajstić information content (AvgIpc) is 2.96. The highest BCUT2D eigenvalue weighted by atomic mass is 32.2. The second-order valence-electron chi connectivity index (χ2n) is 5.48. The quantitative estimate of drug-likeness (QED) is 0.396. The zero-order chi connectivity index (χ0) is 17.8. The van der Waals surface area contributed by atoms with E-state index in [9.17, 15) is 14.9 Å². The van der Waals surface area contributed by atoms with Gasteiger partial charge in [0, 0.05) is 18.2 Å². The second-order valence-corrected chi connectivity index (χ2v) is 6.57. The van der Waals surface area contributed by atoms with Crippen molar-refractivity contribution in [1.29, 1.82) is 0 Å². The molecular weight excluding hydrogens is 340 g/mol. The Morgan fingerprint density at radius 3 is 2.92 bits per heavy atom. The zero-order valence-corrected chi connectivity index (χ0v) is 14.3. The Morgan fingerprint density at radius 1 is 1.32 bits per heavy atom. The molecule has 3 rings (SSSR count). The normalized spacial score (nSPS) is 10.8. The van der Waals surface area contributed by atoms with Crippen molar-refractivity contribution < 1.29 is 9.72 Å². The Hall–Kier alpha value is -2.87. The Balaban J connectivity index is 1.56. The van der Waals surface area contributed by atoms with Crippen LogP contribution in [0.25, 0.3) is 11.0 Å². The van der Waals surface area contributed by atoms with Crippen molar-refractivity contribution in [3.63, 3.8) is 0 Å². The van der Waals surface area contributed by atoms with E-state index in [0.717, 1.165) is 21.8 Å². The van der Waals surface area contributed by atoms with Gasteiger partial charge in [0.1, 0.15) is 5.69 Å². The van der Waals surface area contributed by atoms with Gasteiger partial charge in [-0.05, 0) is 30.7 Å². The van der Waals surface area contributed by atoms with Crippen molar-refractivity contribution in [3.05, 3.63) is 58.1 Å². The molecule has 128 valence electrons. The van der Waals surface area contributed by atoms with Crippen molar-refractivity contribution in [2.45, 2.75) is 18.5 Å². The molecule has 0 fully saturated rings. The highest BCUT2D eigenvalue weighted by Gasteiger charge is 2.14. The van der Waals surface area contributed by atoms with E-state index in [-0.39, 0.29) is 23.7 Å². The van der Waals surface area contributed by atoms with Crippen LogP contribution in [-0.4, -0.2) is 26.6 Å². The molecule has 0 bridgehead atoms. The van der Waals surface area contributed by atoms with Crippen LogP contribution in [0.15, 0.2) is 47.6 Å². The predicted molar refractivity (Wildman–Crippen MR) is 97.9 cm³/mol. The van der Waals surface area contributed by atoms with Crippen LogP contribution < -0.4 is 5.32 Å². The monoisotopic (exact) mass is 356 g/mol. The summed E-state index contributed by atoms with van der Waals surface area (Å²) in [5, 5.41) is 14.3. The summed E-state index contributed by atoms with van der Waals surface area (Å²) in [6, 6.07) is 12.1. The van der Waals surface area contributed by atoms with E-state index in [0.29, 0.717) is 5.75 Å². The first kappa shape index (κ1) is 17.0. The Kier molecular flexibility index (Phi) is 4.99. The van der Waals surface area contributed by atoms with Gasteiger partial charge in [-0.3, -0.25) is 14.9 Å². The van der Waals surface area contributed by atoms with Gasteiger partial charge >= 0.3 is 0 Å². The molecule has 0 unspecified atom stereocenters. The number of imidazole rings is 1. The second kappa shape index (κ2) is 7.35. The molecule has 3 aromatic rings. The molecule has 8 heteroatoms. The van der Waals surface area contributed by atoms with E-state index < -0.39 is 4.92 Å². The summed E-state index contributed by atoms with van der Waals surface area (Å²) < 4.78 is 0. The van der Waals surface area contributed by atoms with Gasteiger partial charge in [-0.2, -0.15) is 0 Å². The Labute approximate surface area is 148 Å². The minimum Gasteiger partial charge on any atom is -0.333 e. The molecular formula is C17H16N4O3S. The maximum Gasteiger partial charge on any atom is 0.292 e. The molecule has 0 radical (unpaired) electrons. The van der Waals surface area contributed by atoms with Crippen molar-refractivity contribution in [3.8, 4) is 0 Å². The van der Waals surface area contributed by atoms with Crippen molar-refractivity contribution >= 4 is 40.1 Å². The lowest BCUT2D eigenvalue weighted by Crippen LogP contribution is -2.13. The number of carbonyl (C=O) groups is 1. The van der Waals surface area contributed by atoms with Gasteiger partial charge in [-0.25, -0.2) is 4.98 Å². The number of para-hydroxylation sites is 2. The van der Waals surface area contributed by atoms with Gasteiger partial charge in [-0.1, -0.05) is 30.0 Å². The third kappa shape index (κ3) is 4.16. The number of benzene rings is 2. The lowest BCUT2D eigenvalue weighted by atomic mass is 10.2. The van der Waals surface area contributed by atoms with Crippen LogP contribution in [0.4, 0.5) is 11.4 Å². The number of fused-ring (bicyclic) bond motifs is 1. The third-order valence-electron chi connectivity index (χ3n) is 3.56. The van der Waals surface area contributed by atoms with E-state index in [4.69, 9.17) is 0 Å². The molecule has 0 spiro atoms. The summed E-state index contributed by atoms with van der Waals surface area (Å²) in [7, 11) is 0. The van der Waals surface area contributed by atoms with Crippen LogP contribution in [-0.2, 0) is 4.79 Å². The largest absolute Gasteiger partial charge is 0.333 e. The predicted octanol–water partition coefficient (Wildman–Crippen LogP) is 3.90. The van der Waals surface area contributed by atoms with Crippen molar-refractivity contribution in [2.75, 3.05) is 11.1 Å². The number of amides is 1. The fraction of sp³-hybridized carbons (Fsp3) is 0.176. The van der Waals surface area contributed by atoms with E-state index in [1.54, 1.807) is 12.1 Å². The average molecular weight is 356 g/mol. The molecule has 2 aromatic carbocycles. The molecule has 0 saturated carbocycles. The SMILES string of the molecule is Cc1ccc2nc(SCCC(=O)Nc3ccccc3[N+](=O)[O-])[nH]c2c1. The lowest BCUT2D eigenvalue weighted by Gasteiger charge is -2.05. The van der Waals surface area contributed by atoms with E-state index >= 15 is 0 Å². The van der Waals surface area contributed by atoms with Crippen LogP contribution in [0.5, 0.6) is 0 Å². The van der Waals surface area contributed by atoms with Crippen LogP contribution in [0.2, 0.25) is 0 Å². The highest BCUT2D eigenvalue weighted by Crippen LogP contribution is 2.24. The number of nitro benzene ring substituents is 1. The van der Waals surface area contributed by atoms with Crippen LogP contribution in [0.1, 0.15) is 12.0 Å². The summed E-state index contributed by atoms with van der Waals surface area (Å²) in [4.78, 5) is 30.1. The molecule has 1 amide bonds. The number of nitro groups is 1. The number of nitrogens with zero attached hydrogens (tertiary/aromatic N) is 2. The number of thioether (sulfide) groups is 1. The molecule has 0 aliphatic carbocycles. The molecule has 0 aliphatic heterocycles. The number of hydrogen-bond acceptors (Lipinski definition) is 5. The number of rotatable bonds is 6. The van der Waals surface area contributed by atoms with Gasteiger partial charge in [-0.15, -0.1) is 0 Å². The van der Waals surface area contributed by atoms with Gasteiger partial charge in [0.05, 0.1) is 16.0 Å². The maximum atomic E-state index is 12.0.